The van der Waals surface area contributed by atoms with Crippen LogP contribution in [-0.4, -0.2) is 12.6 Å². The minimum Gasteiger partial charge on any atom is -0.384 e. The summed E-state index contributed by atoms with van der Waals surface area (Å²) in [7, 11) is 0. The van der Waals surface area contributed by atoms with Gasteiger partial charge in [0.25, 0.3) is 0 Å². The van der Waals surface area contributed by atoms with Crippen LogP contribution in [0.4, 0.5) is 0 Å². The SMILES string of the molecule is C=NCc1cccc(-c2cccc(-c3ccc4c(c3)C(C)(C)c3ccccc3-4)c2)c1.CC.Cc1ccc(-c2ccccc2)cc1.N=C(N)c1ccccc1. The molecule has 0 bridgehead atoms. The third-order valence-corrected chi connectivity index (χ3v) is 9.58. The minimum atomic E-state index is 0.0194. The number of rotatable bonds is 6. The molecule has 0 saturated carbocycles. The van der Waals surface area contributed by atoms with Gasteiger partial charge in [0.2, 0.25) is 0 Å². The van der Waals surface area contributed by atoms with E-state index in [2.05, 4.69) is 172 Å². The van der Waals surface area contributed by atoms with Gasteiger partial charge < -0.3 is 5.73 Å². The molecule has 1 aliphatic carbocycles. The van der Waals surface area contributed by atoms with Crippen LogP contribution in [-0.2, 0) is 12.0 Å². The molecule has 1 aliphatic rings. The van der Waals surface area contributed by atoms with Gasteiger partial charge in [-0.15, -0.1) is 0 Å². The van der Waals surface area contributed by atoms with E-state index in [0.29, 0.717) is 6.54 Å². The third kappa shape index (κ3) is 9.36. The Morgan fingerprint density at radius 3 is 1.63 bits per heavy atom. The van der Waals surface area contributed by atoms with E-state index in [1.165, 1.54) is 66.8 Å². The molecule has 0 spiro atoms. The molecular formula is C51H51N3. The van der Waals surface area contributed by atoms with E-state index < -0.39 is 0 Å². The first-order chi connectivity index (χ1) is 26.2. The maximum absolute atomic E-state index is 7.01. The van der Waals surface area contributed by atoms with E-state index in [-0.39, 0.29) is 11.3 Å². The zero-order valence-corrected chi connectivity index (χ0v) is 32.2. The van der Waals surface area contributed by atoms with Crippen LogP contribution in [0.15, 0.2) is 181 Å². The van der Waals surface area contributed by atoms with Crippen LogP contribution in [0.2, 0.25) is 0 Å². The summed E-state index contributed by atoms with van der Waals surface area (Å²) in [4.78, 5) is 4.02. The Hall–Kier alpha value is -6.32. The maximum atomic E-state index is 7.01. The van der Waals surface area contributed by atoms with Crippen molar-refractivity contribution in [3.63, 3.8) is 0 Å². The monoisotopic (exact) mass is 705 g/mol. The number of hydrogen-bond acceptors (Lipinski definition) is 2. The fourth-order valence-corrected chi connectivity index (χ4v) is 6.73. The predicted octanol–water partition coefficient (Wildman–Crippen LogP) is 13.2. The van der Waals surface area contributed by atoms with Gasteiger partial charge in [0.05, 0.1) is 6.54 Å². The summed E-state index contributed by atoms with van der Waals surface area (Å²) in [6.45, 7) is 15.0. The van der Waals surface area contributed by atoms with Gasteiger partial charge in [-0.2, -0.15) is 0 Å². The summed E-state index contributed by atoms with van der Waals surface area (Å²) in [6.07, 6.45) is 0. The number of benzene rings is 7. The van der Waals surface area contributed by atoms with E-state index in [9.17, 15) is 0 Å². The molecule has 0 saturated heterocycles. The van der Waals surface area contributed by atoms with E-state index in [1.54, 1.807) is 0 Å². The highest BCUT2D eigenvalue weighted by molar-refractivity contribution is 5.94. The highest BCUT2D eigenvalue weighted by atomic mass is 14.7. The van der Waals surface area contributed by atoms with Crippen LogP contribution in [0.3, 0.4) is 0 Å². The van der Waals surface area contributed by atoms with Crippen molar-refractivity contribution < 1.29 is 0 Å². The van der Waals surface area contributed by atoms with Crippen molar-refractivity contribution in [2.45, 2.75) is 46.6 Å². The van der Waals surface area contributed by atoms with Gasteiger partial charge >= 0.3 is 0 Å². The molecule has 0 heterocycles. The Morgan fingerprint density at radius 1 is 0.537 bits per heavy atom. The lowest BCUT2D eigenvalue weighted by Crippen LogP contribution is -2.14. The van der Waals surface area contributed by atoms with Crippen molar-refractivity contribution in [3.8, 4) is 44.5 Å². The van der Waals surface area contributed by atoms with E-state index in [0.717, 1.165) is 5.56 Å². The van der Waals surface area contributed by atoms with Crippen molar-refractivity contribution >= 4 is 12.6 Å². The lowest BCUT2D eigenvalue weighted by Gasteiger charge is -2.22. The van der Waals surface area contributed by atoms with Gasteiger partial charge in [-0.25, -0.2) is 0 Å². The number of amidine groups is 1. The number of aliphatic imine (C=N–C) groups is 1. The molecule has 7 aromatic carbocycles. The van der Waals surface area contributed by atoms with Crippen molar-refractivity contribution in [3.05, 3.63) is 204 Å². The molecular weight excluding hydrogens is 655 g/mol. The Bertz CT molecular complexity index is 2290. The zero-order chi connectivity index (χ0) is 38.5. The summed E-state index contributed by atoms with van der Waals surface area (Å²) in [6, 6.07) is 61.4. The average molecular weight is 706 g/mol. The third-order valence-electron chi connectivity index (χ3n) is 9.58. The predicted molar refractivity (Wildman–Crippen MR) is 234 cm³/mol. The summed E-state index contributed by atoms with van der Waals surface area (Å²) in [5.74, 6) is 0.121. The first-order valence-corrected chi connectivity index (χ1v) is 18.6. The van der Waals surface area contributed by atoms with Gasteiger partial charge in [-0.1, -0.05) is 191 Å². The quantitative estimate of drug-likeness (QED) is 0.131. The van der Waals surface area contributed by atoms with Crippen LogP contribution in [0, 0.1) is 12.3 Å². The Labute approximate surface area is 322 Å². The summed E-state index contributed by atoms with van der Waals surface area (Å²) in [5.41, 5.74) is 21.5. The Balaban J connectivity index is 0.000000191. The largest absolute Gasteiger partial charge is 0.384 e. The van der Waals surface area contributed by atoms with Gasteiger partial charge in [-0.3, -0.25) is 10.4 Å². The Kier molecular flexibility index (Phi) is 13.3. The topological polar surface area (TPSA) is 62.2 Å². The van der Waals surface area contributed by atoms with Gasteiger partial charge in [-0.05, 0) is 93.0 Å². The molecule has 0 aliphatic heterocycles. The minimum absolute atomic E-state index is 0.0194. The molecule has 0 amide bonds. The standard InChI is InChI=1S/C29H25N.C13H12.C7H8N2.C2H6/c1-29(2)27-13-5-4-12-25(27)26-15-14-24(18-28(26)29)23-11-7-10-22(17-23)21-9-6-8-20(16-21)19-30-3;1-11-7-9-13(10-8-11)12-5-3-2-4-6-12;8-7(9)6-4-2-1-3-5-6;1-2/h4-18H,3,19H2,1-2H3;2-10H,1H3;1-5H,(H3,8,9);1-2H3. The normalized spacial score (nSPS) is 11.5. The fraction of sp³-hybridized carbons (Fsp3) is 0.137. The van der Waals surface area contributed by atoms with Crippen LogP contribution >= 0.6 is 0 Å². The maximum Gasteiger partial charge on any atom is 0.122 e. The summed E-state index contributed by atoms with van der Waals surface area (Å²) < 4.78 is 0. The smallest absolute Gasteiger partial charge is 0.122 e. The van der Waals surface area contributed by atoms with Crippen molar-refractivity contribution in [1.82, 2.24) is 0 Å². The van der Waals surface area contributed by atoms with Crippen LogP contribution < -0.4 is 5.73 Å². The molecule has 8 rings (SSSR count). The molecule has 54 heavy (non-hydrogen) atoms. The second kappa shape index (κ2) is 18.4. The molecule has 3 N–H and O–H groups in total. The summed E-state index contributed by atoms with van der Waals surface area (Å²) in [5, 5.41) is 7.01. The first kappa shape index (κ1) is 38.9. The lowest BCUT2D eigenvalue weighted by molar-refractivity contribution is 0.660. The van der Waals surface area contributed by atoms with Gasteiger partial charge in [0.15, 0.2) is 0 Å². The molecule has 270 valence electrons. The van der Waals surface area contributed by atoms with Crippen molar-refractivity contribution in [2.75, 3.05) is 0 Å². The molecule has 0 unspecified atom stereocenters. The second-order valence-electron chi connectivity index (χ2n) is 13.6. The highest BCUT2D eigenvalue weighted by Crippen LogP contribution is 2.49. The molecule has 0 aromatic heterocycles. The van der Waals surface area contributed by atoms with E-state index in [4.69, 9.17) is 11.1 Å². The molecule has 0 radical (unpaired) electrons. The second-order valence-corrected chi connectivity index (χ2v) is 13.6. The fourth-order valence-electron chi connectivity index (χ4n) is 6.73. The van der Waals surface area contributed by atoms with Crippen LogP contribution in [0.1, 0.15) is 55.5 Å². The van der Waals surface area contributed by atoms with Crippen molar-refractivity contribution in [2.24, 2.45) is 10.7 Å². The molecule has 0 fully saturated rings. The molecule has 0 atom stereocenters. The zero-order valence-electron chi connectivity index (χ0n) is 32.2. The molecule has 3 nitrogen and oxygen atoms in total. The highest BCUT2D eigenvalue weighted by Gasteiger charge is 2.35. The number of fused-ring (bicyclic) bond motifs is 3. The van der Waals surface area contributed by atoms with Crippen LogP contribution in [0.5, 0.6) is 0 Å². The first-order valence-electron chi connectivity index (χ1n) is 18.6. The number of nitrogens with two attached hydrogens (primary N) is 1. The van der Waals surface area contributed by atoms with Crippen LogP contribution in [0.25, 0.3) is 44.5 Å². The van der Waals surface area contributed by atoms with E-state index >= 15 is 0 Å². The number of nitrogen functional groups attached to an aromatic ring is 1. The summed E-state index contributed by atoms with van der Waals surface area (Å²) >= 11 is 0. The molecule has 3 heteroatoms. The van der Waals surface area contributed by atoms with E-state index in [1.807, 2.05) is 50.2 Å². The number of nitrogens with one attached hydrogen (secondary N) is 1. The van der Waals surface area contributed by atoms with Gasteiger partial charge in [0.1, 0.15) is 5.84 Å². The van der Waals surface area contributed by atoms with Gasteiger partial charge in [0, 0.05) is 11.0 Å². The Morgan fingerprint density at radius 2 is 1.02 bits per heavy atom. The average Bonchev–Trinajstić information content (AvgIpc) is 3.46. The number of nitrogens with zero attached hydrogens (tertiary/aromatic N) is 1. The number of aryl methyl sites for hydroxylation is 1. The van der Waals surface area contributed by atoms with Crippen molar-refractivity contribution in [1.29, 1.82) is 5.41 Å². The molecule has 7 aromatic rings. The number of hydrogen-bond donors (Lipinski definition) is 2. The lowest BCUT2D eigenvalue weighted by atomic mass is 9.81.